The maximum atomic E-state index is 12.6. The number of amides is 1. The lowest BCUT2D eigenvalue weighted by atomic mass is 10.1. The summed E-state index contributed by atoms with van der Waals surface area (Å²) in [7, 11) is 2.95. The largest absolute Gasteiger partial charge is 0.493 e. The highest BCUT2D eigenvalue weighted by Gasteiger charge is 2.31. The number of pyridine rings is 1. The molecule has 1 amide bonds. The number of ether oxygens (including phenoxy) is 2. The molecule has 0 aliphatic rings. The van der Waals surface area contributed by atoms with Crippen molar-refractivity contribution in [2.45, 2.75) is 12.6 Å². The number of rotatable bonds is 5. The molecule has 2 aromatic rings. The highest BCUT2D eigenvalue weighted by molar-refractivity contribution is 6.33. The Morgan fingerprint density at radius 1 is 1.20 bits per heavy atom. The van der Waals surface area contributed by atoms with Crippen LogP contribution in [0.3, 0.4) is 0 Å². The summed E-state index contributed by atoms with van der Waals surface area (Å²) in [6.07, 6.45) is -3.99. The van der Waals surface area contributed by atoms with Gasteiger partial charge in [-0.2, -0.15) is 13.2 Å². The number of methoxy groups -OCH3 is 2. The Kier molecular flexibility index (Phi) is 5.73. The summed E-state index contributed by atoms with van der Waals surface area (Å²) in [5.41, 5.74) is -0.367. The van der Waals surface area contributed by atoms with Crippen molar-refractivity contribution in [1.82, 2.24) is 4.98 Å². The van der Waals surface area contributed by atoms with Crippen LogP contribution in [-0.4, -0.2) is 25.1 Å². The monoisotopic (exact) mass is 374 g/mol. The minimum atomic E-state index is -4.56. The molecule has 5 nitrogen and oxygen atoms in total. The van der Waals surface area contributed by atoms with E-state index in [2.05, 4.69) is 10.3 Å². The molecule has 0 spiro atoms. The number of carbonyl (C=O) groups is 1. The third kappa shape index (κ3) is 4.76. The van der Waals surface area contributed by atoms with Gasteiger partial charge >= 0.3 is 6.18 Å². The highest BCUT2D eigenvalue weighted by Crippen LogP contribution is 2.32. The van der Waals surface area contributed by atoms with Gasteiger partial charge in [-0.15, -0.1) is 0 Å². The van der Waals surface area contributed by atoms with Crippen LogP contribution in [0.1, 0.15) is 11.1 Å². The van der Waals surface area contributed by atoms with Crippen LogP contribution >= 0.6 is 11.6 Å². The number of alkyl halides is 3. The van der Waals surface area contributed by atoms with Crippen molar-refractivity contribution in [3.63, 3.8) is 0 Å². The zero-order valence-corrected chi connectivity index (χ0v) is 14.0. The van der Waals surface area contributed by atoms with E-state index in [4.69, 9.17) is 21.1 Å². The molecule has 9 heteroatoms. The van der Waals surface area contributed by atoms with Crippen LogP contribution in [0.4, 0.5) is 19.0 Å². The van der Waals surface area contributed by atoms with Crippen molar-refractivity contribution in [3.8, 4) is 11.5 Å². The van der Waals surface area contributed by atoms with E-state index in [0.717, 1.165) is 0 Å². The summed E-state index contributed by atoms with van der Waals surface area (Å²) < 4.78 is 48.0. The molecule has 0 saturated carbocycles. The fraction of sp³-hybridized carbons (Fsp3) is 0.250. The van der Waals surface area contributed by atoms with Crippen LogP contribution in [0.15, 0.2) is 30.5 Å². The molecule has 0 saturated heterocycles. The molecule has 0 radical (unpaired) electrons. The van der Waals surface area contributed by atoms with Gasteiger partial charge in [0, 0.05) is 6.20 Å². The zero-order chi connectivity index (χ0) is 18.6. The summed E-state index contributed by atoms with van der Waals surface area (Å²) in [5, 5.41) is 2.09. The van der Waals surface area contributed by atoms with Crippen LogP contribution < -0.4 is 14.8 Å². The van der Waals surface area contributed by atoms with Gasteiger partial charge in [0.1, 0.15) is 0 Å². The van der Waals surface area contributed by atoms with Gasteiger partial charge in [-0.3, -0.25) is 4.79 Å². The van der Waals surface area contributed by atoms with E-state index >= 15 is 0 Å². The van der Waals surface area contributed by atoms with E-state index in [0.29, 0.717) is 29.3 Å². The molecule has 2 rings (SSSR count). The van der Waals surface area contributed by atoms with Crippen molar-refractivity contribution < 1.29 is 27.4 Å². The summed E-state index contributed by atoms with van der Waals surface area (Å²) in [4.78, 5) is 15.6. The second-order valence-electron chi connectivity index (χ2n) is 4.97. The molecular formula is C16H14ClF3N2O3. The van der Waals surface area contributed by atoms with Gasteiger partial charge < -0.3 is 14.8 Å². The van der Waals surface area contributed by atoms with E-state index < -0.39 is 17.6 Å². The molecule has 1 heterocycles. The minimum absolute atomic E-state index is 0.0423. The zero-order valence-electron chi connectivity index (χ0n) is 13.3. The molecular weight excluding hydrogens is 361 g/mol. The molecule has 25 heavy (non-hydrogen) atoms. The fourth-order valence-corrected chi connectivity index (χ4v) is 2.25. The van der Waals surface area contributed by atoms with Crippen molar-refractivity contribution in [2.75, 3.05) is 19.5 Å². The highest BCUT2D eigenvalue weighted by atomic mass is 35.5. The van der Waals surface area contributed by atoms with Gasteiger partial charge in [-0.1, -0.05) is 17.7 Å². The Hall–Kier alpha value is -2.48. The second kappa shape index (κ2) is 7.60. The number of nitrogens with zero attached hydrogens (tertiary/aromatic N) is 1. The topological polar surface area (TPSA) is 60.5 Å². The van der Waals surface area contributed by atoms with E-state index in [1.165, 1.54) is 14.2 Å². The SMILES string of the molecule is COc1ccc(CC(=O)Nc2ncc(C(F)(F)F)cc2Cl)cc1OC. The molecule has 1 aromatic carbocycles. The fourth-order valence-electron chi connectivity index (χ4n) is 2.04. The first-order valence-corrected chi connectivity index (χ1v) is 7.36. The maximum Gasteiger partial charge on any atom is 0.417 e. The van der Waals surface area contributed by atoms with Crippen molar-refractivity contribution in [3.05, 3.63) is 46.6 Å². The Balaban J connectivity index is 2.10. The van der Waals surface area contributed by atoms with Crippen molar-refractivity contribution in [1.29, 1.82) is 0 Å². The minimum Gasteiger partial charge on any atom is -0.493 e. The summed E-state index contributed by atoms with van der Waals surface area (Å²) in [6.45, 7) is 0. The molecule has 0 aliphatic heterocycles. The summed E-state index contributed by atoms with van der Waals surface area (Å²) in [5.74, 6) is 0.346. The lowest BCUT2D eigenvalue weighted by molar-refractivity contribution is -0.137. The molecule has 1 N–H and O–H groups in total. The number of anilines is 1. The summed E-state index contributed by atoms with van der Waals surface area (Å²) in [6, 6.07) is 5.65. The predicted octanol–water partition coefficient (Wildman–Crippen LogP) is 3.95. The van der Waals surface area contributed by atoms with Gasteiger partial charge in [-0.05, 0) is 23.8 Å². The molecule has 0 unspecified atom stereocenters. The van der Waals surface area contributed by atoms with E-state index in [-0.39, 0.29) is 17.3 Å². The number of hydrogen-bond donors (Lipinski definition) is 1. The molecule has 1 aromatic heterocycles. The Labute approximate surface area is 146 Å². The van der Waals surface area contributed by atoms with Crippen molar-refractivity contribution >= 4 is 23.3 Å². The number of halogens is 4. The quantitative estimate of drug-likeness (QED) is 0.860. The van der Waals surface area contributed by atoms with Crippen LogP contribution in [-0.2, 0) is 17.4 Å². The predicted molar refractivity (Wildman–Crippen MR) is 86.1 cm³/mol. The first-order chi connectivity index (χ1) is 11.7. The van der Waals surface area contributed by atoms with Gasteiger partial charge in [0.2, 0.25) is 5.91 Å². The van der Waals surface area contributed by atoms with E-state index in [1.54, 1.807) is 18.2 Å². The van der Waals surface area contributed by atoms with E-state index in [9.17, 15) is 18.0 Å². The average Bonchev–Trinajstić information content (AvgIpc) is 2.55. The molecule has 0 atom stereocenters. The molecule has 0 bridgehead atoms. The Morgan fingerprint density at radius 3 is 2.44 bits per heavy atom. The Bertz CT molecular complexity index is 782. The maximum absolute atomic E-state index is 12.6. The number of benzene rings is 1. The second-order valence-corrected chi connectivity index (χ2v) is 5.37. The number of aromatic nitrogens is 1. The number of carbonyl (C=O) groups excluding carboxylic acids is 1. The molecule has 134 valence electrons. The number of nitrogens with one attached hydrogen (secondary N) is 1. The van der Waals surface area contributed by atoms with Crippen molar-refractivity contribution in [2.24, 2.45) is 0 Å². The smallest absolute Gasteiger partial charge is 0.417 e. The van der Waals surface area contributed by atoms with Gasteiger partial charge in [0.15, 0.2) is 17.3 Å². The van der Waals surface area contributed by atoms with Crippen LogP contribution in [0.25, 0.3) is 0 Å². The number of hydrogen-bond acceptors (Lipinski definition) is 4. The molecule has 0 fully saturated rings. The first-order valence-electron chi connectivity index (χ1n) is 6.98. The van der Waals surface area contributed by atoms with Crippen LogP contribution in [0.5, 0.6) is 11.5 Å². The lowest BCUT2D eigenvalue weighted by Gasteiger charge is -2.11. The summed E-state index contributed by atoms with van der Waals surface area (Å²) >= 11 is 5.76. The average molecular weight is 375 g/mol. The van der Waals surface area contributed by atoms with Gasteiger partial charge in [0.05, 0.1) is 31.2 Å². The standard InChI is InChI=1S/C16H14ClF3N2O3/c1-24-12-4-3-9(5-13(12)25-2)6-14(23)22-15-11(17)7-10(8-21-15)16(18,19)20/h3-5,7-8H,6H2,1-2H3,(H,21,22,23). The first kappa shape index (κ1) is 18.9. The normalized spacial score (nSPS) is 11.1. The molecule has 0 aliphatic carbocycles. The Morgan fingerprint density at radius 2 is 1.88 bits per heavy atom. The lowest BCUT2D eigenvalue weighted by Crippen LogP contribution is -2.16. The third-order valence-electron chi connectivity index (χ3n) is 3.24. The van der Waals surface area contributed by atoms with Gasteiger partial charge in [0.25, 0.3) is 0 Å². The van der Waals surface area contributed by atoms with Crippen LogP contribution in [0.2, 0.25) is 5.02 Å². The van der Waals surface area contributed by atoms with E-state index in [1.807, 2.05) is 0 Å². The third-order valence-corrected chi connectivity index (χ3v) is 3.53. The van der Waals surface area contributed by atoms with Crippen LogP contribution in [0, 0.1) is 0 Å². The van der Waals surface area contributed by atoms with Gasteiger partial charge in [-0.25, -0.2) is 4.98 Å².